The van der Waals surface area contributed by atoms with Crippen LogP contribution in [0.1, 0.15) is 0 Å². The van der Waals surface area contributed by atoms with E-state index in [9.17, 15) is 0 Å². The first-order valence-corrected chi connectivity index (χ1v) is 5.05. The molecule has 1 aliphatic rings. The van der Waals surface area contributed by atoms with Gasteiger partial charge in [-0.25, -0.2) is 4.89 Å². The maximum absolute atomic E-state index is 8.17. The first-order chi connectivity index (χ1) is 7.74. The van der Waals surface area contributed by atoms with Crippen LogP contribution in [0.3, 0.4) is 0 Å². The minimum Gasteiger partial charge on any atom is -0.382 e. The molecule has 0 saturated carbocycles. The Labute approximate surface area is 96.1 Å². The Morgan fingerprint density at radius 3 is 2.56 bits per heavy atom. The molecule has 6 nitrogen and oxygen atoms in total. The molecule has 0 aliphatic carbocycles. The lowest BCUT2D eigenvalue weighted by molar-refractivity contribution is -0.252. The van der Waals surface area contributed by atoms with E-state index in [1.807, 2.05) is 0 Å². The summed E-state index contributed by atoms with van der Waals surface area (Å²) in [4.78, 5) is 3.91. The van der Waals surface area contributed by atoms with Crippen LogP contribution in [0.25, 0.3) is 0 Å². The highest BCUT2D eigenvalue weighted by molar-refractivity contribution is 6.11. The second-order valence-electron chi connectivity index (χ2n) is 3.46. The van der Waals surface area contributed by atoms with E-state index in [0.717, 1.165) is 0 Å². The van der Waals surface area contributed by atoms with Gasteiger partial charge in [0.05, 0.1) is 13.2 Å². The van der Waals surface area contributed by atoms with Gasteiger partial charge in [-0.05, 0) is 0 Å². The highest BCUT2D eigenvalue weighted by Gasteiger charge is 2.42. The molecule has 1 rings (SSSR count). The van der Waals surface area contributed by atoms with Crippen LogP contribution in [0.4, 0.5) is 0 Å². The van der Waals surface area contributed by atoms with Crippen molar-refractivity contribution < 1.29 is 29.1 Å². The topological polar surface area (TPSA) is 66.4 Å². The first-order valence-electron chi connectivity index (χ1n) is 5.05. The second kappa shape index (κ2) is 7.21. The maximum Gasteiger partial charge on any atom is 0.113 e. The van der Waals surface area contributed by atoms with Crippen LogP contribution in [-0.2, 0) is 23.8 Å². The molecule has 0 bridgehead atoms. The smallest absolute Gasteiger partial charge is 0.113 e. The Kier molecular flexibility index (Phi) is 6.26. The monoisotopic (exact) mass is 232 g/mol. The van der Waals surface area contributed by atoms with Gasteiger partial charge in [0.25, 0.3) is 0 Å². The molecule has 1 aliphatic heterocycles. The summed E-state index contributed by atoms with van der Waals surface area (Å²) in [7, 11) is 8.90. The number of hydrogen-bond acceptors (Lipinski definition) is 6. The molecule has 2 radical (unpaired) electrons. The average molecular weight is 232 g/mol. The van der Waals surface area contributed by atoms with Gasteiger partial charge in [0.2, 0.25) is 0 Å². The molecule has 0 aromatic heterocycles. The summed E-state index contributed by atoms with van der Waals surface area (Å²) in [5.41, 5.74) is 0. The Morgan fingerprint density at radius 2 is 2.00 bits per heavy atom. The zero-order chi connectivity index (χ0) is 12.0. The zero-order valence-corrected chi connectivity index (χ0v) is 9.50. The van der Waals surface area contributed by atoms with Gasteiger partial charge in [-0.1, -0.05) is 0 Å². The van der Waals surface area contributed by atoms with Gasteiger partial charge >= 0.3 is 0 Å². The molecule has 0 spiro atoms. The molecule has 0 aromatic carbocycles. The summed E-state index contributed by atoms with van der Waals surface area (Å²) in [6, 6.07) is -0.566. The van der Waals surface area contributed by atoms with E-state index in [4.69, 9.17) is 32.1 Å². The van der Waals surface area contributed by atoms with E-state index in [1.165, 1.54) is 0 Å². The van der Waals surface area contributed by atoms with Gasteiger partial charge < -0.3 is 18.9 Å². The Bertz CT molecular complexity index is 193. The van der Waals surface area contributed by atoms with Gasteiger partial charge in [-0.3, -0.25) is 5.26 Å². The maximum atomic E-state index is 8.17. The molecule has 92 valence electrons. The minimum atomic E-state index is -0.566. The van der Waals surface area contributed by atoms with Crippen molar-refractivity contribution in [3.63, 3.8) is 0 Å². The lowest BCUT2D eigenvalue weighted by Crippen LogP contribution is -2.39. The summed E-state index contributed by atoms with van der Waals surface area (Å²) in [6.45, 7) is 0.689. The van der Waals surface area contributed by atoms with Crippen molar-refractivity contribution in [2.24, 2.45) is 0 Å². The van der Waals surface area contributed by atoms with Crippen molar-refractivity contribution >= 4 is 7.85 Å². The van der Waals surface area contributed by atoms with Crippen molar-refractivity contribution in [2.75, 3.05) is 34.0 Å². The number of methoxy groups -OCH3 is 2. The number of rotatable bonds is 7. The van der Waals surface area contributed by atoms with Gasteiger partial charge in [-0.15, -0.1) is 0 Å². The molecule has 7 heteroatoms. The summed E-state index contributed by atoms with van der Waals surface area (Å²) < 4.78 is 21.1. The largest absolute Gasteiger partial charge is 0.382 e. The number of ether oxygens (including phenoxy) is 4. The fourth-order valence-electron chi connectivity index (χ4n) is 1.75. The van der Waals surface area contributed by atoms with Crippen LogP contribution in [0, 0.1) is 0 Å². The van der Waals surface area contributed by atoms with Crippen molar-refractivity contribution in [1.82, 2.24) is 0 Å². The predicted octanol–water partition coefficient (Wildman–Crippen LogP) is -0.584. The molecule has 0 aromatic rings. The Balaban J connectivity index is 2.46. The van der Waals surface area contributed by atoms with Gasteiger partial charge in [0.1, 0.15) is 32.8 Å². The van der Waals surface area contributed by atoms with Gasteiger partial charge in [0.15, 0.2) is 0 Å². The Hall–Kier alpha value is -0.175. The summed E-state index contributed by atoms with van der Waals surface area (Å²) in [6.07, 6.45) is -0.918. The average Bonchev–Trinajstić information content (AvgIpc) is 2.56. The fourth-order valence-corrected chi connectivity index (χ4v) is 1.75. The van der Waals surface area contributed by atoms with Gasteiger partial charge in [-0.2, -0.15) is 0 Å². The summed E-state index contributed by atoms with van der Waals surface area (Å²) >= 11 is 0. The Morgan fingerprint density at radius 1 is 1.25 bits per heavy atom. The predicted molar refractivity (Wildman–Crippen MR) is 55.4 cm³/mol. The first kappa shape index (κ1) is 13.9. The quantitative estimate of drug-likeness (QED) is 0.274. The third-order valence-corrected chi connectivity index (χ3v) is 2.43. The summed E-state index contributed by atoms with van der Waals surface area (Å²) in [5, 5.41) is 8.17. The summed E-state index contributed by atoms with van der Waals surface area (Å²) in [5.74, 6) is 0. The van der Waals surface area contributed by atoms with E-state index < -0.39 is 6.00 Å². The molecular weight excluding hydrogens is 215 g/mol. The van der Waals surface area contributed by atoms with Crippen LogP contribution in [0.5, 0.6) is 0 Å². The molecule has 4 unspecified atom stereocenters. The molecule has 1 N–H and O–H groups in total. The zero-order valence-electron chi connectivity index (χ0n) is 9.50. The highest BCUT2D eigenvalue weighted by Crippen LogP contribution is 2.24. The van der Waals surface area contributed by atoms with E-state index in [1.54, 1.807) is 14.2 Å². The molecule has 1 fully saturated rings. The molecular formula is C9H17BO6. The third-order valence-electron chi connectivity index (χ3n) is 2.43. The normalized spacial score (nSPS) is 34.4. The molecule has 0 amide bonds. The van der Waals surface area contributed by atoms with Crippen LogP contribution in [-0.4, -0.2) is 71.5 Å². The van der Waals surface area contributed by atoms with Crippen molar-refractivity contribution in [3.8, 4) is 0 Å². The molecule has 1 saturated heterocycles. The van der Waals surface area contributed by atoms with E-state index in [0.29, 0.717) is 6.61 Å². The van der Waals surface area contributed by atoms with Crippen LogP contribution < -0.4 is 0 Å². The van der Waals surface area contributed by atoms with E-state index in [2.05, 4.69) is 4.89 Å². The van der Waals surface area contributed by atoms with Crippen LogP contribution in [0.15, 0.2) is 0 Å². The van der Waals surface area contributed by atoms with E-state index >= 15 is 0 Å². The van der Waals surface area contributed by atoms with Crippen molar-refractivity contribution in [2.45, 2.75) is 24.3 Å². The minimum absolute atomic E-state index is 0.0780. The molecule has 4 atom stereocenters. The van der Waals surface area contributed by atoms with E-state index in [-0.39, 0.29) is 31.5 Å². The highest BCUT2D eigenvalue weighted by atomic mass is 17.1. The standard InChI is InChI=1S/C9H17BO6/c1-12-5-6-7(13-2)8(9(10)16-6)14-3-4-15-11/h6-9,11H,3-5H2,1-2H3. The molecule has 1 heterocycles. The fraction of sp³-hybridized carbons (Fsp3) is 1.00. The third kappa shape index (κ3) is 3.41. The van der Waals surface area contributed by atoms with Crippen molar-refractivity contribution in [1.29, 1.82) is 0 Å². The second-order valence-corrected chi connectivity index (χ2v) is 3.46. The number of hydrogen-bond donors (Lipinski definition) is 1. The van der Waals surface area contributed by atoms with Crippen LogP contribution >= 0.6 is 0 Å². The lowest BCUT2D eigenvalue weighted by atomic mass is 9.93. The SMILES string of the molecule is [B]C1OC(COC)C(OC)C1OCCOO. The lowest BCUT2D eigenvalue weighted by Gasteiger charge is -2.22. The van der Waals surface area contributed by atoms with Gasteiger partial charge in [0, 0.05) is 20.2 Å². The molecule has 16 heavy (non-hydrogen) atoms. The van der Waals surface area contributed by atoms with Crippen LogP contribution in [0.2, 0.25) is 0 Å². The van der Waals surface area contributed by atoms with Crippen molar-refractivity contribution in [3.05, 3.63) is 0 Å².